The zero-order chi connectivity index (χ0) is 13.5. The maximum atomic E-state index is 11.8. The molecule has 1 aromatic carbocycles. The summed E-state index contributed by atoms with van der Waals surface area (Å²) in [6.07, 6.45) is 0. The molecular formula is C12H16ClNO3S. The molecule has 0 radical (unpaired) electrons. The molecule has 0 aromatic heterocycles. The predicted molar refractivity (Wildman–Crippen MR) is 75.6 cm³/mol. The Morgan fingerprint density at radius 1 is 1.61 bits per heavy atom. The fourth-order valence-electron chi connectivity index (χ4n) is 1.29. The van der Waals surface area contributed by atoms with Crippen LogP contribution in [0, 0.1) is 0 Å². The fourth-order valence-corrected chi connectivity index (χ4v) is 2.22. The molecule has 1 aromatic rings. The van der Waals surface area contributed by atoms with Crippen LogP contribution in [0.4, 0.5) is 5.69 Å². The Balaban J connectivity index is 2.61. The van der Waals surface area contributed by atoms with Crippen molar-refractivity contribution in [2.75, 3.05) is 24.8 Å². The van der Waals surface area contributed by atoms with E-state index in [2.05, 4.69) is 5.32 Å². The molecule has 0 fully saturated rings. The van der Waals surface area contributed by atoms with Gasteiger partial charge in [-0.3, -0.25) is 4.79 Å². The molecule has 0 spiro atoms. The van der Waals surface area contributed by atoms with Crippen molar-refractivity contribution in [3.05, 3.63) is 23.2 Å². The summed E-state index contributed by atoms with van der Waals surface area (Å²) < 4.78 is 5.03. The highest BCUT2D eigenvalue weighted by Crippen LogP contribution is 2.27. The van der Waals surface area contributed by atoms with Crippen LogP contribution in [0.2, 0.25) is 5.02 Å². The van der Waals surface area contributed by atoms with E-state index in [1.807, 2.05) is 0 Å². The van der Waals surface area contributed by atoms with E-state index in [-0.39, 0.29) is 17.8 Å². The number of rotatable bonds is 6. The number of carbonyl (C=O) groups excluding carboxylic acids is 1. The van der Waals surface area contributed by atoms with E-state index in [4.69, 9.17) is 21.4 Å². The predicted octanol–water partition coefficient (Wildman–Crippen LogP) is 2.40. The zero-order valence-electron chi connectivity index (χ0n) is 10.3. The molecule has 1 amide bonds. The molecule has 0 heterocycles. The summed E-state index contributed by atoms with van der Waals surface area (Å²) >= 11 is 7.36. The van der Waals surface area contributed by atoms with Crippen LogP contribution in [0.3, 0.4) is 0 Å². The standard InChI is InChI=1S/C12H16ClNO3S/c1-8(18-6-5-15)12(16)14-9-3-4-11(17-2)10(13)7-9/h3-4,7-8,15H,5-6H2,1-2H3,(H,14,16)/t8-/m1/s1. The van der Waals surface area contributed by atoms with Crippen LogP contribution in [-0.4, -0.2) is 35.7 Å². The Morgan fingerprint density at radius 2 is 2.33 bits per heavy atom. The average Bonchev–Trinajstić information content (AvgIpc) is 2.36. The number of carbonyl (C=O) groups is 1. The van der Waals surface area contributed by atoms with Crippen LogP contribution in [-0.2, 0) is 4.79 Å². The lowest BCUT2D eigenvalue weighted by Gasteiger charge is -2.12. The molecule has 0 aliphatic rings. The number of benzene rings is 1. The second-order valence-electron chi connectivity index (χ2n) is 3.58. The third-order valence-corrected chi connectivity index (χ3v) is 3.68. The number of anilines is 1. The molecule has 0 aliphatic carbocycles. The topological polar surface area (TPSA) is 58.6 Å². The number of nitrogens with one attached hydrogen (secondary N) is 1. The van der Waals surface area contributed by atoms with Crippen molar-refractivity contribution in [3.8, 4) is 5.75 Å². The number of aliphatic hydroxyl groups excluding tert-OH is 1. The molecule has 0 saturated carbocycles. The van der Waals surface area contributed by atoms with Gasteiger partial charge in [-0.15, -0.1) is 11.8 Å². The Hall–Kier alpha value is -0.910. The normalized spacial score (nSPS) is 12.0. The van der Waals surface area contributed by atoms with E-state index in [0.717, 1.165) is 0 Å². The summed E-state index contributed by atoms with van der Waals surface area (Å²) in [5, 5.41) is 11.7. The van der Waals surface area contributed by atoms with E-state index in [1.165, 1.54) is 18.9 Å². The molecule has 18 heavy (non-hydrogen) atoms. The van der Waals surface area contributed by atoms with Gasteiger partial charge >= 0.3 is 0 Å². The molecule has 100 valence electrons. The van der Waals surface area contributed by atoms with Crippen molar-refractivity contribution in [2.45, 2.75) is 12.2 Å². The van der Waals surface area contributed by atoms with Crippen molar-refractivity contribution in [2.24, 2.45) is 0 Å². The number of halogens is 1. The summed E-state index contributed by atoms with van der Waals surface area (Å²) in [4.78, 5) is 11.8. The second kappa shape index (κ2) is 7.51. The molecule has 6 heteroatoms. The minimum Gasteiger partial charge on any atom is -0.495 e. The van der Waals surface area contributed by atoms with Crippen molar-refractivity contribution >= 4 is 35.0 Å². The van der Waals surface area contributed by atoms with Crippen LogP contribution in [0.15, 0.2) is 18.2 Å². The first kappa shape index (κ1) is 15.1. The summed E-state index contributed by atoms with van der Waals surface area (Å²) in [5.41, 5.74) is 0.627. The number of aliphatic hydroxyl groups is 1. The third-order valence-electron chi connectivity index (χ3n) is 2.25. The van der Waals surface area contributed by atoms with Crippen LogP contribution >= 0.6 is 23.4 Å². The minimum atomic E-state index is -0.224. The third kappa shape index (κ3) is 4.40. The highest BCUT2D eigenvalue weighted by Gasteiger charge is 2.13. The maximum Gasteiger partial charge on any atom is 0.237 e. The number of amides is 1. The van der Waals surface area contributed by atoms with Gasteiger partial charge in [0.15, 0.2) is 0 Å². The average molecular weight is 290 g/mol. The smallest absolute Gasteiger partial charge is 0.237 e. The summed E-state index contributed by atoms with van der Waals surface area (Å²) in [6, 6.07) is 5.07. The SMILES string of the molecule is COc1ccc(NC(=O)[C@@H](C)SCCO)cc1Cl. The van der Waals surface area contributed by atoms with Crippen molar-refractivity contribution in [1.29, 1.82) is 0 Å². The van der Waals surface area contributed by atoms with Gasteiger partial charge in [0.1, 0.15) is 5.75 Å². The lowest BCUT2D eigenvalue weighted by Crippen LogP contribution is -2.23. The maximum absolute atomic E-state index is 11.8. The van der Waals surface area contributed by atoms with Gasteiger partial charge in [-0.25, -0.2) is 0 Å². The van der Waals surface area contributed by atoms with Crippen LogP contribution in [0.5, 0.6) is 5.75 Å². The Morgan fingerprint density at radius 3 is 2.89 bits per heavy atom. The van der Waals surface area contributed by atoms with E-state index < -0.39 is 0 Å². The van der Waals surface area contributed by atoms with Gasteiger partial charge in [-0.1, -0.05) is 11.6 Å². The van der Waals surface area contributed by atoms with Gasteiger partial charge in [-0.2, -0.15) is 0 Å². The monoisotopic (exact) mass is 289 g/mol. The molecule has 0 aliphatic heterocycles. The van der Waals surface area contributed by atoms with Crippen molar-refractivity contribution in [3.63, 3.8) is 0 Å². The first-order valence-electron chi connectivity index (χ1n) is 5.45. The first-order valence-corrected chi connectivity index (χ1v) is 6.88. The number of hydrogen-bond donors (Lipinski definition) is 2. The Kier molecular flexibility index (Phi) is 6.32. The molecule has 1 rings (SSSR count). The molecule has 1 atom stereocenters. The highest BCUT2D eigenvalue weighted by molar-refractivity contribution is 8.00. The Bertz CT molecular complexity index is 414. The molecule has 0 saturated heterocycles. The van der Waals surface area contributed by atoms with Crippen LogP contribution in [0.1, 0.15) is 6.92 Å². The summed E-state index contributed by atoms with van der Waals surface area (Å²) in [6.45, 7) is 1.86. The van der Waals surface area contributed by atoms with Gasteiger partial charge in [0.25, 0.3) is 0 Å². The molecule has 2 N–H and O–H groups in total. The van der Waals surface area contributed by atoms with Gasteiger partial charge in [0.05, 0.1) is 24.0 Å². The molecular weight excluding hydrogens is 274 g/mol. The van der Waals surface area contributed by atoms with Crippen LogP contribution in [0.25, 0.3) is 0 Å². The van der Waals surface area contributed by atoms with Crippen LogP contribution < -0.4 is 10.1 Å². The van der Waals surface area contributed by atoms with Gasteiger partial charge < -0.3 is 15.2 Å². The number of thioether (sulfide) groups is 1. The number of ether oxygens (including phenoxy) is 1. The van der Waals surface area contributed by atoms with Gasteiger partial charge in [0.2, 0.25) is 5.91 Å². The first-order chi connectivity index (χ1) is 8.58. The molecule has 4 nitrogen and oxygen atoms in total. The lowest BCUT2D eigenvalue weighted by molar-refractivity contribution is -0.115. The summed E-state index contributed by atoms with van der Waals surface area (Å²) in [7, 11) is 1.53. The molecule has 0 unspecified atom stereocenters. The fraction of sp³-hybridized carbons (Fsp3) is 0.417. The highest BCUT2D eigenvalue weighted by atomic mass is 35.5. The summed E-state index contributed by atoms with van der Waals surface area (Å²) in [5.74, 6) is 0.991. The lowest BCUT2D eigenvalue weighted by atomic mass is 10.3. The quantitative estimate of drug-likeness (QED) is 0.844. The van der Waals surface area contributed by atoms with E-state index in [1.54, 1.807) is 25.1 Å². The Labute approximate surface area is 116 Å². The van der Waals surface area contributed by atoms with E-state index >= 15 is 0 Å². The van der Waals surface area contributed by atoms with Crippen molar-refractivity contribution < 1.29 is 14.6 Å². The number of hydrogen-bond acceptors (Lipinski definition) is 4. The second-order valence-corrected chi connectivity index (χ2v) is 5.43. The van der Waals surface area contributed by atoms with Crippen molar-refractivity contribution in [1.82, 2.24) is 0 Å². The van der Waals surface area contributed by atoms with E-state index in [9.17, 15) is 4.79 Å². The minimum absolute atomic E-state index is 0.0661. The zero-order valence-corrected chi connectivity index (χ0v) is 11.8. The van der Waals surface area contributed by atoms with E-state index in [0.29, 0.717) is 22.2 Å². The largest absolute Gasteiger partial charge is 0.495 e. The van der Waals surface area contributed by atoms with Gasteiger partial charge in [0, 0.05) is 11.4 Å². The number of methoxy groups -OCH3 is 1. The molecule has 0 bridgehead atoms. The van der Waals surface area contributed by atoms with Gasteiger partial charge in [-0.05, 0) is 25.1 Å².